The third-order valence-electron chi connectivity index (χ3n) is 4.24. The van der Waals surface area contributed by atoms with E-state index in [9.17, 15) is 17.6 Å². The summed E-state index contributed by atoms with van der Waals surface area (Å²) in [6.45, 7) is 1.07. The Bertz CT molecular complexity index is 927. The normalized spacial score (nSPS) is 15.0. The highest BCUT2D eigenvalue weighted by molar-refractivity contribution is 7.99. The van der Waals surface area contributed by atoms with Gasteiger partial charge in [-0.05, 0) is 43.2 Å². The van der Waals surface area contributed by atoms with Crippen LogP contribution in [0.4, 0.5) is 4.39 Å². The molecule has 0 N–H and O–H groups in total. The molecule has 0 spiro atoms. The molecule has 1 aromatic heterocycles. The number of benzene rings is 1. The molecule has 1 aliphatic heterocycles. The zero-order valence-corrected chi connectivity index (χ0v) is 16.4. The van der Waals surface area contributed by atoms with E-state index in [0.717, 1.165) is 18.9 Å². The maximum Gasteiger partial charge on any atom is 0.244 e. The van der Waals surface area contributed by atoms with Gasteiger partial charge in [0.25, 0.3) is 0 Å². The molecule has 9 heteroatoms. The first kappa shape index (κ1) is 19.8. The van der Waals surface area contributed by atoms with Crippen LogP contribution in [0.2, 0.25) is 0 Å². The Kier molecular flexibility index (Phi) is 6.13. The number of sulfonamides is 1. The monoisotopic (exact) mass is 410 g/mol. The summed E-state index contributed by atoms with van der Waals surface area (Å²) in [7, 11) is -2.14. The number of carbonyl (C=O) groups excluding carboxylic acids is 1. The summed E-state index contributed by atoms with van der Waals surface area (Å²) in [5, 5.41) is 0.526. The Balaban J connectivity index is 1.63. The second-order valence-electron chi connectivity index (χ2n) is 6.00. The largest absolute Gasteiger partial charge is 0.494 e. The van der Waals surface area contributed by atoms with Crippen LogP contribution in [0.1, 0.15) is 23.2 Å². The van der Waals surface area contributed by atoms with E-state index < -0.39 is 15.8 Å². The Morgan fingerprint density at radius 2 is 2.00 bits per heavy atom. The topological polar surface area (TPSA) is 76.6 Å². The van der Waals surface area contributed by atoms with Gasteiger partial charge in [0.05, 0.1) is 17.9 Å². The lowest BCUT2D eigenvalue weighted by Crippen LogP contribution is -2.27. The third-order valence-corrected chi connectivity index (χ3v) is 7.06. The highest BCUT2D eigenvalue weighted by Gasteiger charge is 2.27. The van der Waals surface area contributed by atoms with Gasteiger partial charge in [0, 0.05) is 24.8 Å². The summed E-state index contributed by atoms with van der Waals surface area (Å²) in [6, 6.07) is 7.13. The smallest absolute Gasteiger partial charge is 0.244 e. The van der Waals surface area contributed by atoms with Crippen molar-refractivity contribution in [2.45, 2.75) is 22.8 Å². The Morgan fingerprint density at radius 1 is 1.26 bits per heavy atom. The number of rotatable bonds is 7. The molecule has 0 radical (unpaired) electrons. The number of ether oxygens (including phenoxy) is 1. The number of hydrogen-bond donors (Lipinski definition) is 0. The molecule has 2 aromatic rings. The lowest BCUT2D eigenvalue weighted by atomic mass is 10.1. The first-order valence-corrected chi connectivity index (χ1v) is 10.8. The first-order chi connectivity index (χ1) is 12.9. The van der Waals surface area contributed by atoms with Gasteiger partial charge in [0.2, 0.25) is 10.0 Å². The van der Waals surface area contributed by atoms with Crippen molar-refractivity contribution in [3.63, 3.8) is 0 Å². The van der Waals surface area contributed by atoms with Crippen LogP contribution in [0.3, 0.4) is 0 Å². The lowest BCUT2D eigenvalue weighted by molar-refractivity contribution is 0.102. The van der Waals surface area contributed by atoms with E-state index in [-0.39, 0.29) is 27.7 Å². The third kappa shape index (κ3) is 4.48. The molecular weight excluding hydrogens is 391 g/mol. The van der Waals surface area contributed by atoms with Crippen LogP contribution in [-0.4, -0.2) is 49.4 Å². The Labute approximate surface area is 161 Å². The van der Waals surface area contributed by atoms with Gasteiger partial charge in [-0.3, -0.25) is 4.79 Å². The van der Waals surface area contributed by atoms with E-state index in [1.165, 1.54) is 47.6 Å². The number of hydrogen-bond acceptors (Lipinski definition) is 6. The van der Waals surface area contributed by atoms with Crippen LogP contribution >= 0.6 is 11.8 Å². The van der Waals surface area contributed by atoms with Gasteiger partial charge in [-0.2, -0.15) is 4.31 Å². The Morgan fingerprint density at radius 3 is 2.59 bits per heavy atom. The van der Waals surface area contributed by atoms with Crippen LogP contribution in [-0.2, 0) is 10.0 Å². The maximum absolute atomic E-state index is 13.7. The number of aromatic nitrogens is 1. The van der Waals surface area contributed by atoms with Gasteiger partial charge < -0.3 is 4.74 Å². The van der Waals surface area contributed by atoms with Gasteiger partial charge in [0.15, 0.2) is 17.3 Å². The van der Waals surface area contributed by atoms with E-state index in [1.54, 1.807) is 6.07 Å². The highest BCUT2D eigenvalue weighted by Crippen LogP contribution is 2.24. The molecule has 1 fully saturated rings. The van der Waals surface area contributed by atoms with Gasteiger partial charge >= 0.3 is 0 Å². The molecule has 0 aliphatic carbocycles. The van der Waals surface area contributed by atoms with Gasteiger partial charge in [-0.15, -0.1) is 0 Å². The number of ketones is 1. The Hall–Kier alpha value is -1.97. The minimum Gasteiger partial charge on any atom is -0.494 e. The molecule has 0 bridgehead atoms. The standard InChI is InChI=1S/C18H19FN2O4S2/c1-25-17-6-4-13(10-15(17)19)16(22)12-26-18-7-5-14(11-20-18)27(23,24)21-8-2-3-9-21/h4-7,10-11H,2-3,8-9,12H2,1H3. The summed E-state index contributed by atoms with van der Waals surface area (Å²) in [6.07, 6.45) is 3.05. The lowest BCUT2D eigenvalue weighted by Gasteiger charge is -2.15. The summed E-state index contributed by atoms with van der Waals surface area (Å²) in [5.41, 5.74) is 0.244. The van der Waals surface area contributed by atoms with Crippen molar-refractivity contribution in [1.29, 1.82) is 0 Å². The second-order valence-corrected chi connectivity index (χ2v) is 8.94. The van der Waals surface area contributed by atoms with Gasteiger partial charge in [-0.1, -0.05) is 11.8 Å². The fourth-order valence-corrected chi connectivity index (χ4v) is 4.95. The fourth-order valence-electron chi connectivity index (χ4n) is 2.74. The minimum atomic E-state index is -3.50. The van der Waals surface area contributed by atoms with Crippen molar-refractivity contribution < 1.29 is 22.3 Å². The molecule has 1 aliphatic rings. The van der Waals surface area contributed by atoms with Crippen LogP contribution in [0.25, 0.3) is 0 Å². The molecule has 0 unspecified atom stereocenters. The van der Waals surface area contributed by atoms with Crippen molar-refractivity contribution >= 4 is 27.6 Å². The van der Waals surface area contributed by atoms with E-state index in [1.807, 2.05) is 0 Å². The number of nitrogens with zero attached hydrogens (tertiary/aromatic N) is 2. The average molecular weight is 410 g/mol. The summed E-state index contributed by atoms with van der Waals surface area (Å²) in [5.74, 6) is -0.701. The highest BCUT2D eigenvalue weighted by atomic mass is 32.2. The molecule has 1 aromatic carbocycles. The van der Waals surface area contributed by atoms with E-state index in [4.69, 9.17) is 4.74 Å². The zero-order chi connectivity index (χ0) is 19.4. The predicted molar refractivity (Wildman–Crippen MR) is 100 cm³/mol. The number of methoxy groups -OCH3 is 1. The number of thioether (sulfide) groups is 1. The van der Waals surface area contributed by atoms with Crippen molar-refractivity contribution in [3.05, 3.63) is 47.9 Å². The number of Topliss-reactive ketones (excluding diaryl/α,β-unsaturated/α-hetero) is 1. The quantitative estimate of drug-likeness (QED) is 0.516. The second kappa shape index (κ2) is 8.37. The van der Waals surface area contributed by atoms with E-state index in [2.05, 4.69) is 4.98 Å². The molecule has 0 saturated carbocycles. The van der Waals surface area contributed by atoms with Crippen molar-refractivity contribution in [1.82, 2.24) is 9.29 Å². The predicted octanol–water partition coefficient (Wildman–Crippen LogP) is 2.99. The molecule has 144 valence electrons. The van der Waals surface area contributed by atoms with Crippen molar-refractivity contribution in [3.8, 4) is 5.75 Å². The van der Waals surface area contributed by atoms with Gasteiger partial charge in [0.1, 0.15) is 4.90 Å². The zero-order valence-electron chi connectivity index (χ0n) is 14.7. The first-order valence-electron chi connectivity index (χ1n) is 8.37. The van der Waals surface area contributed by atoms with Crippen LogP contribution in [0.5, 0.6) is 5.75 Å². The molecule has 0 amide bonds. The number of halogens is 1. The fraction of sp³-hybridized carbons (Fsp3) is 0.333. The van der Waals surface area contributed by atoms with Gasteiger partial charge in [-0.25, -0.2) is 17.8 Å². The van der Waals surface area contributed by atoms with Crippen molar-refractivity contribution in [2.24, 2.45) is 0 Å². The molecule has 2 heterocycles. The van der Waals surface area contributed by atoms with E-state index >= 15 is 0 Å². The summed E-state index contributed by atoms with van der Waals surface area (Å²) >= 11 is 1.17. The number of carbonyl (C=O) groups is 1. The summed E-state index contributed by atoms with van der Waals surface area (Å²) < 4.78 is 44.9. The molecule has 3 rings (SSSR count). The molecule has 27 heavy (non-hydrogen) atoms. The molecule has 0 atom stereocenters. The van der Waals surface area contributed by atoms with Crippen LogP contribution in [0.15, 0.2) is 46.5 Å². The molecular formula is C18H19FN2O4S2. The maximum atomic E-state index is 13.7. The van der Waals surface area contributed by atoms with E-state index in [0.29, 0.717) is 18.1 Å². The van der Waals surface area contributed by atoms with Crippen LogP contribution in [0, 0.1) is 5.82 Å². The minimum absolute atomic E-state index is 0.0665. The van der Waals surface area contributed by atoms with Crippen molar-refractivity contribution in [2.75, 3.05) is 26.0 Å². The molecule has 6 nitrogen and oxygen atoms in total. The van der Waals surface area contributed by atoms with Crippen LogP contribution < -0.4 is 4.74 Å². The summed E-state index contributed by atoms with van der Waals surface area (Å²) in [4.78, 5) is 16.5. The average Bonchev–Trinajstić information content (AvgIpc) is 3.22. The molecule has 1 saturated heterocycles. The SMILES string of the molecule is COc1ccc(C(=O)CSc2ccc(S(=O)(=O)N3CCCC3)cn2)cc1F. The number of pyridine rings is 1.